The summed E-state index contributed by atoms with van der Waals surface area (Å²) in [4.78, 5) is 6.76. The summed E-state index contributed by atoms with van der Waals surface area (Å²) in [6.45, 7) is 3.00. The van der Waals surface area contributed by atoms with Gasteiger partial charge in [0.1, 0.15) is 6.10 Å². The summed E-state index contributed by atoms with van der Waals surface area (Å²) in [5, 5.41) is 12.3. The number of nitrogens with zero attached hydrogens (tertiary/aromatic N) is 5. The number of thiophene rings is 1. The monoisotopic (exact) mass is 331 g/mol. The predicted octanol–water partition coefficient (Wildman–Crippen LogP) is 2.11. The highest BCUT2D eigenvalue weighted by molar-refractivity contribution is 7.08. The number of hydrogen-bond acceptors (Lipinski definition) is 7. The van der Waals surface area contributed by atoms with Crippen LogP contribution in [0.25, 0.3) is 11.5 Å². The fourth-order valence-corrected chi connectivity index (χ4v) is 3.38. The van der Waals surface area contributed by atoms with E-state index in [0.29, 0.717) is 24.9 Å². The lowest BCUT2D eigenvalue weighted by Gasteiger charge is -2.32. The molecule has 1 fully saturated rings. The van der Waals surface area contributed by atoms with Crippen molar-refractivity contribution in [3.8, 4) is 11.5 Å². The number of ether oxygens (including phenoxy) is 1. The van der Waals surface area contributed by atoms with Crippen molar-refractivity contribution in [3.63, 3.8) is 0 Å². The molecule has 4 rings (SSSR count). The first kappa shape index (κ1) is 14.6. The minimum absolute atomic E-state index is 0.0273. The Kier molecular flexibility index (Phi) is 3.94. The molecular formula is C15H17N5O2S. The highest BCUT2D eigenvalue weighted by Crippen LogP contribution is 2.23. The molecule has 1 atom stereocenters. The van der Waals surface area contributed by atoms with Crippen LogP contribution in [-0.2, 0) is 18.3 Å². The lowest BCUT2D eigenvalue weighted by atomic mass is 10.2. The summed E-state index contributed by atoms with van der Waals surface area (Å²) in [5.41, 5.74) is 2.06. The predicted molar refractivity (Wildman–Crippen MR) is 84.8 cm³/mol. The summed E-state index contributed by atoms with van der Waals surface area (Å²) in [6, 6.07) is 3.98. The van der Waals surface area contributed by atoms with E-state index in [4.69, 9.17) is 9.26 Å². The van der Waals surface area contributed by atoms with E-state index in [0.717, 1.165) is 24.3 Å². The lowest BCUT2D eigenvalue weighted by molar-refractivity contribution is -0.0375. The van der Waals surface area contributed by atoms with Crippen molar-refractivity contribution in [1.82, 2.24) is 24.8 Å². The summed E-state index contributed by atoms with van der Waals surface area (Å²) < 4.78 is 13.1. The minimum atomic E-state index is 0.0273. The molecule has 3 aromatic heterocycles. The van der Waals surface area contributed by atoms with Crippen molar-refractivity contribution in [3.05, 3.63) is 40.6 Å². The second kappa shape index (κ2) is 6.23. The molecule has 1 aliphatic heterocycles. The van der Waals surface area contributed by atoms with E-state index >= 15 is 0 Å². The topological polar surface area (TPSA) is 69.2 Å². The van der Waals surface area contributed by atoms with Crippen molar-refractivity contribution < 1.29 is 9.26 Å². The fraction of sp³-hybridized carbons (Fsp3) is 0.400. The standard InChI is InChI=1S/C15H17N5O2S/c1-19-12(2-4-16-19)13-8-20(5-6-21-13)9-14-17-15(22-18-14)11-3-7-23-10-11/h2-4,7,10,13H,5-6,8-9H2,1H3. The number of aromatic nitrogens is 4. The third-order valence-electron chi connectivity index (χ3n) is 3.94. The Bertz CT molecular complexity index is 767. The molecule has 4 heterocycles. The third kappa shape index (κ3) is 3.05. The quantitative estimate of drug-likeness (QED) is 0.729. The molecule has 0 bridgehead atoms. The number of morpholine rings is 1. The number of hydrogen-bond donors (Lipinski definition) is 0. The molecular weight excluding hydrogens is 314 g/mol. The van der Waals surface area contributed by atoms with Gasteiger partial charge in [-0.25, -0.2) is 0 Å². The SMILES string of the molecule is Cn1nccc1C1CN(Cc2noc(-c3ccsc3)n2)CCO1. The van der Waals surface area contributed by atoms with Gasteiger partial charge in [0.15, 0.2) is 5.82 Å². The Balaban J connectivity index is 1.44. The highest BCUT2D eigenvalue weighted by atomic mass is 32.1. The van der Waals surface area contributed by atoms with Crippen molar-refractivity contribution in [1.29, 1.82) is 0 Å². The second-order valence-corrected chi connectivity index (χ2v) is 6.28. The molecule has 0 aromatic carbocycles. The average Bonchev–Trinajstić information content (AvgIpc) is 3.28. The smallest absolute Gasteiger partial charge is 0.258 e. The maximum absolute atomic E-state index is 5.87. The molecule has 0 amide bonds. The van der Waals surface area contributed by atoms with Crippen LogP contribution in [0, 0.1) is 0 Å². The van der Waals surface area contributed by atoms with Gasteiger partial charge in [-0.1, -0.05) is 5.16 Å². The molecule has 0 N–H and O–H groups in total. The zero-order chi connectivity index (χ0) is 15.6. The van der Waals surface area contributed by atoms with Crippen LogP contribution < -0.4 is 0 Å². The fourth-order valence-electron chi connectivity index (χ4n) is 2.75. The maximum atomic E-state index is 5.87. The molecule has 8 heteroatoms. The van der Waals surface area contributed by atoms with Gasteiger partial charge in [0.2, 0.25) is 0 Å². The number of rotatable bonds is 4. The van der Waals surface area contributed by atoms with E-state index in [9.17, 15) is 0 Å². The van der Waals surface area contributed by atoms with Gasteiger partial charge in [0.25, 0.3) is 5.89 Å². The molecule has 1 saturated heterocycles. The van der Waals surface area contributed by atoms with Gasteiger partial charge in [-0.15, -0.1) is 0 Å². The first-order valence-electron chi connectivity index (χ1n) is 7.46. The zero-order valence-corrected chi connectivity index (χ0v) is 13.6. The van der Waals surface area contributed by atoms with Crippen molar-refractivity contribution in [2.45, 2.75) is 12.6 Å². The van der Waals surface area contributed by atoms with E-state index in [1.54, 1.807) is 17.5 Å². The van der Waals surface area contributed by atoms with Crippen LogP contribution in [0.4, 0.5) is 0 Å². The Labute approximate surface area is 137 Å². The second-order valence-electron chi connectivity index (χ2n) is 5.50. The van der Waals surface area contributed by atoms with E-state index < -0.39 is 0 Å². The Morgan fingerprint density at radius 2 is 2.35 bits per heavy atom. The van der Waals surface area contributed by atoms with Crippen molar-refractivity contribution in [2.24, 2.45) is 7.05 Å². The van der Waals surface area contributed by atoms with Gasteiger partial charge in [-0.3, -0.25) is 9.58 Å². The first-order valence-corrected chi connectivity index (χ1v) is 8.41. The van der Waals surface area contributed by atoms with Gasteiger partial charge >= 0.3 is 0 Å². The molecule has 23 heavy (non-hydrogen) atoms. The molecule has 1 aliphatic rings. The molecule has 0 radical (unpaired) electrons. The third-order valence-corrected chi connectivity index (χ3v) is 4.62. The molecule has 0 saturated carbocycles. The molecule has 0 spiro atoms. The molecule has 120 valence electrons. The largest absolute Gasteiger partial charge is 0.369 e. The molecule has 1 unspecified atom stereocenters. The van der Waals surface area contributed by atoms with E-state index in [-0.39, 0.29) is 6.10 Å². The van der Waals surface area contributed by atoms with Crippen LogP contribution in [0.1, 0.15) is 17.6 Å². The number of aryl methyl sites for hydroxylation is 1. The van der Waals surface area contributed by atoms with Gasteiger partial charge in [-0.2, -0.15) is 21.4 Å². The van der Waals surface area contributed by atoms with E-state index in [1.807, 2.05) is 34.6 Å². The molecule has 7 nitrogen and oxygen atoms in total. The highest BCUT2D eigenvalue weighted by Gasteiger charge is 2.25. The van der Waals surface area contributed by atoms with Crippen LogP contribution in [0.3, 0.4) is 0 Å². The normalized spacial score (nSPS) is 19.3. The van der Waals surface area contributed by atoms with Crippen LogP contribution in [0.2, 0.25) is 0 Å². The van der Waals surface area contributed by atoms with Crippen molar-refractivity contribution in [2.75, 3.05) is 19.7 Å². The van der Waals surface area contributed by atoms with Crippen LogP contribution in [0.5, 0.6) is 0 Å². The summed E-state index contributed by atoms with van der Waals surface area (Å²) in [5.74, 6) is 1.29. The van der Waals surface area contributed by atoms with Gasteiger partial charge < -0.3 is 9.26 Å². The summed E-state index contributed by atoms with van der Waals surface area (Å²) in [6.07, 6.45) is 1.82. The maximum Gasteiger partial charge on any atom is 0.258 e. The Hall–Kier alpha value is -2.03. The van der Waals surface area contributed by atoms with Crippen LogP contribution >= 0.6 is 11.3 Å². The van der Waals surface area contributed by atoms with Crippen LogP contribution in [0.15, 0.2) is 33.6 Å². The van der Waals surface area contributed by atoms with Crippen LogP contribution in [-0.4, -0.2) is 44.5 Å². The molecule has 3 aromatic rings. The Morgan fingerprint density at radius 1 is 1.39 bits per heavy atom. The minimum Gasteiger partial charge on any atom is -0.369 e. The zero-order valence-electron chi connectivity index (χ0n) is 12.8. The summed E-state index contributed by atoms with van der Waals surface area (Å²) in [7, 11) is 1.93. The van der Waals surface area contributed by atoms with Gasteiger partial charge in [0, 0.05) is 31.7 Å². The van der Waals surface area contributed by atoms with Gasteiger partial charge in [0.05, 0.1) is 24.4 Å². The molecule has 0 aliphatic carbocycles. The van der Waals surface area contributed by atoms with E-state index in [2.05, 4.69) is 20.1 Å². The summed E-state index contributed by atoms with van der Waals surface area (Å²) >= 11 is 1.62. The lowest BCUT2D eigenvalue weighted by Crippen LogP contribution is -2.38. The first-order chi connectivity index (χ1) is 11.3. The average molecular weight is 331 g/mol. The van der Waals surface area contributed by atoms with Gasteiger partial charge in [-0.05, 0) is 17.5 Å². The van der Waals surface area contributed by atoms with Crippen molar-refractivity contribution >= 4 is 11.3 Å². The van der Waals surface area contributed by atoms with E-state index in [1.165, 1.54) is 0 Å². The Morgan fingerprint density at radius 3 is 3.13 bits per heavy atom.